The molecule has 0 unspecified atom stereocenters. The van der Waals surface area contributed by atoms with Crippen molar-refractivity contribution in [2.45, 2.75) is 35.9 Å². The summed E-state index contributed by atoms with van der Waals surface area (Å²) < 4.78 is 55.6. The Morgan fingerprint density at radius 2 is 1.90 bits per heavy atom. The van der Waals surface area contributed by atoms with Crippen LogP contribution in [0.4, 0.5) is 27.1 Å². The molecule has 0 radical (unpaired) electrons. The Balaban J connectivity index is 1.09. The number of pyridine rings is 1. The van der Waals surface area contributed by atoms with Gasteiger partial charge in [-0.05, 0) is 55.7 Å². The Morgan fingerprint density at radius 3 is 2.65 bits per heavy atom. The molecule has 2 aromatic heterocycles. The fraction of sp³-hybridized carbons (Fsp3) is 0.375. The van der Waals surface area contributed by atoms with Crippen molar-refractivity contribution >= 4 is 49.7 Å². The molecule has 2 fully saturated rings. The van der Waals surface area contributed by atoms with E-state index in [1.165, 1.54) is 12.1 Å². The van der Waals surface area contributed by atoms with Crippen LogP contribution in [0.3, 0.4) is 0 Å². The van der Waals surface area contributed by atoms with E-state index in [4.69, 9.17) is 9.47 Å². The van der Waals surface area contributed by atoms with Crippen LogP contribution in [0.25, 0.3) is 11.0 Å². The molecule has 5 heterocycles. The minimum Gasteiger partial charge on any atom is -0.476 e. The number of nitro groups is 1. The molecule has 252 valence electrons. The topological polar surface area (TPSA) is 172 Å². The van der Waals surface area contributed by atoms with Gasteiger partial charge in [-0.25, -0.2) is 17.5 Å². The zero-order valence-corrected chi connectivity index (χ0v) is 26.7. The summed E-state index contributed by atoms with van der Waals surface area (Å²) in [6, 6.07) is 13.8. The number of hydrogen-bond acceptors (Lipinski definition) is 11. The number of anilines is 3. The first-order valence-electron chi connectivity index (χ1n) is 15.7. The molecule has 3 aliphatic rings. The number of alkyl halides is 1. The summed E-state index contributed by atoms with van der Waals surface area (Å²) in [6.07, 6.45) is 2.88. The van der Waals surface area contributed by atoms with E-state index >= 15 is 4.39 Å². The second-order valence-corrected chi connectivity index (χ2v) is 13.9. The largest absolute Gasteiger partial charge is 0.476 e. The van der Waals surface area contributed by atoms with Crippen molar-refractivity contribution in [1.29, 1.82) is 0 Å². The van der Waals surface area contributed by atoms with Crippen molar-refractivity contribution in [3.63, 3.8) is 0 Å². The number of benzene rings is 2. The van der Waals surface area contributed by atoms with Gasteiger partial charge >= 0.3 is 0 Å². The molecule has 4 aromatic rings. The van der Waals surface area contributed by atoms with E-state index in [0.717, 1.165) is 17.5 Å². The molecular weight excluding hydrogens is 645 g/mol. The lowest BCUT2D eigenvalue weighted by molar-refractivity contribution is -0.384. The van der Waals surface area contributed by atoms with Crippen LogP contribution in [0.5, 0.6) is 5.88 Å². The molecule has 0 bridgehead atoms. The van der Waals surface area contributed by atoms with Crippen LogP contribution in [0.15, 0.2) is 65.7 Å². The van der Waals surface area contributed by atoms with Gasteiger partial charge in [-0.15, -0.1) is 0 Å². The number of fused-ring (bicyclic) bond motifs is 2. The van der Waals surface area contributed by atoms with E-state index in [-0.39, 0.29) is 30.6 Å². The van der Waals surface area contributed by atoms with Crippen LogP contribution in [-0.2, 0) is 14.8 Å². The van der Waals surface area contributed by atoms with E-state index in [1.54, 1.807) is 24.4 Å². The van der Waals surface area contributed by atoms with E-state index in [9.17, 15) is 23.3 Å². The maximum Gasteiger partial charge on any atom is 0.293 e. The molecule has 0 spiro atoms. The maximum atomic E-state index is 15.6. The molecule has 3 N–H and O–H groups in total. The lowest BCUT2D eigenvalue weighted by Gasteiger charge is -2.43. The highest BCUT2D eigenvalue weighted by atomic mass is 32.2. The van der Waals surface area contributed by atoms with Crippen LogP contribution in [0.2, 0.25) is 0 Å². The minimum atomic E-state index is -4.56. The van der Waals surface area contributed by atoms with Gasteiger partial charge in [0.15, 0.2) is 0 Å². The molecule has 2 aromatic carbocycles. The number of H-pyrrole nitrogens is 1. The Kier molecular flexibility index (Phi) is 8.39. The summed E-state index contributed by atoms with van der Waals surface area (Å²) in [7, 11) is -4.56. The summed E-state index contributed by atoms with van der Waals surface area (Å²) in [4.78, 5) is 36.0. The molecule has 48 heavy (non-hydrogen) atoms. The molecule has 0 atom stereocenters. The Morgan fingerprint density at radius 1 is 1.10 bits per heavy atom. The predicted molar refractivity (Wildman–Crippen MR) is 175 cm³/mol. The highest BCUT2D eigenvalue weighted by molar-refractivity contribution is 7.90. The fourth-order valence-electron chi connectivity index (χ4n) is 6.29. The lowest BCUT2D eigenvalue weighted by atomic mass is 9.92. The number of hydrogen-bond donors (Lipinski definition) is 3. The molecule has 14 nitrogen and oxygen atoms in total. The van der Waals surface area contributed by atoms with Gasteiger partial charge in [-0.2, -0.15) is 4.98 Å². The van der Waals surface area contributed by atoms with Crippen LogP contribution in [0, 0.1) is 10.1 Å². The number of para-hydroxylation sites is 1. The summed E-state index contributed by atoms with van der Waals surface area (Å²) in [6.45, 7) is 3.10. The summed E-state index contributed by atoms with van der Waals surface area (Å²) >= 11 is 0. The van der Waals surface area contributed by atoms with Crippen molar-refractivity contribution in [2.75, 3.05) is 56.2 Å². The summed E-state index contributed by atoms with van der Waals surface area (Å²) in [5, 5.41) is 15.7. The van der Waals surface area contributed by atoms with Gasteiger partial charge in [0.1, 0.15) is 22.7 Å². The van der Waals surface area contributed by atoms with Crippen molar-refractivity contribution in [1.82, 2.24) is 19.6 Å². The Bertz CT molecular complexity index is 1980. The number of nitrogens with one attached hydrogen (secondary N) is 3. The minimum absolute atomic E-state index is 0.0188. The number of nitrogens with zero attached hydrogens (tertiary/aromatic N) is 4. The molecule has 16 heteroatoms. The van der Waals surface area contributed by atoms with Gasteiger partial charge in [0.05, 0.1) is 46.9 Å². The molecular formula is C32H34FN7O7S. The third-order valence-electron chi connectivity index (χ3n) is 9.11. The predicted octanol–water partition coefficient (Wildman–Crippen LogP) is 4.13. The third kappa shape index (κ3) is 6.25. The summed E-state index contributed by atoms with van der Waals surface area (Å²) in [5.74, 6) is -0.545. The molecule has 1 amide bonds. The number of carbonyl (C=O) groups is 1. The Hall–Kier alpha value is -4.80. The van der Waals surface area contributed by atoms with Gasteiger partial charge in [0, 0.05) is 43.8 Å². The van der Waals surface area contributed by atoms with E-state index in [2.05, 4.69) is 24.9 Å². The molecule has 2 saturated heterocycles. The van der Waals surface area contributed by atoms with Gasteiger partial charge in [0.25, 0.3) is 21.6 Å². The number of aromatic nitrogens is 2. The van der Waals surface area contributed by atoms with Crippen molar-refractivity contribution < 1.29 is 32.0 Å². The maximum absolute atomic E-state index is 15.6. The number of rotatable bonds is 9. The first kappa shape index (κ1) is 31.8. The molecule has 3 aliphatic heterocycles. The number of nitro benzene ring substituents is 1. The van der Waals surface area contributed by atoms with Gasteiger partial charge in [-0.1, -0.05) is 12.1 Å². The smallest absolute Gasteiger partial charge is 0.293 e. The van der Waals surface area contributed by atoms with E-state index < -0.39 is 37.1 Å². The van der Waals surface area contributed by atoms with Gasteiger partial charge in [0.2, 0.25) is 5.88 Å². The monoisotopic (exact) mass is 679 g/mol. The second kappa shape index (κ2) is 12.7. The number of halogens is 1. The first-order chi connectivity index (χ1) is 23.1. The van der Waals surface area contributed by atoms with Gasteiger partial charge in [-0.3, -0.25) is 19.8 Å². The molecule has 0 saturated carbocycles. The van der Waals surface area contributed by atoms with Crippen LogP contribution in [-0.4, -0.2) is 91.8 Å². The fourth-order valence-corrected chi connectivity index (χ4v) is 7.27. The van der Waals surface area contributed by atoms with Crippen molar-refractivity contribution in [3.05, 3.63) is 76.5 Å². The number of amides is 1. The van der Waals surface area contributed by atoms with E-state index in [1.807, 2.05) is 17.0 Å². The summed E-state index contributed by atoms with van der Waals surface area (Å²) in [5.41, 5.74) is -0.378. The molecule has 0 aliphatic carbocycles. The lowest BCUT2D eigenvalue weighted by Crippen LogP contribution is -2.55. The van der Waals surface area contributed by atoms with Crippen LogP contribution < -0.4 is 19.7 Å². The number of sulfonamides is 1. The number of piperidine rings is 1. The van der Waals surface area contributed by atoms with Crippen molar-refractivity contribution in [3.8, 4) is 5.88 Å². The zero-order valence-electron chi connectivity index (χ0n) is 25.9. The Labute approximate surface area is 275 Å². The van der Waals surface area contributed by atoms with E-state index in [0.29, 0.717) is 74.8 Å². The average molecular weight is 680 g/mol. The number of aromatic amines is 1. The van der Waals surface area contributed by atoms with Gasteiger partial charge < -0.3 is 24.7 Å². The number of likely N-dealkylation sites (tertiary alicyclic amines) is 1. The quantitative estimate of drug-likeness (QED) is 0.172. The molecule has 7 rings (SSSR count). The SMILES string of the molecule is O=C(NS(=O)(=O)c1ccc(NCC2(F)CCN(C3COC3)CC2)c([N+](=O)[O-])c1)c1ccccc1N1CCCOc2nc3[nH]ccc3cc21. The second-order valence-electron chi connectivity index (χ2n) is 12.2. The van der Waals surface area contributed by atoms with Crippen LogP contribution >= 0.6 is 0 Å². The zero-order chi connectivity index (χ0) is 33.5. The highest BCUT2D eigenvalue weighted by Crippen LogP contribution is 2.39. The highest BCUT2D eigenvalue weighted by Gasteiger charge is 2.38. The standard InChI is InChI=1S/C32H34FN7O7S/c33-32(9-13-38(14-10-32)22-18-46-19-22)20-35-25-7-6-23(17-27(25)40(42)43)48(44,45)37-30(41)24-4-1-2-5-26(24)39-12-3-15-47-31-28(39)16-21-8-11-34-29(21)36-31/h1-2,4-8,11,16-17,22,35H,3,9-10,12-15,18-20H2,(H,34,36)(H,37,41). The normalized spacial score (nSPS) is 18.3. The van der Waals surface area contributed by atoms with Crippen molar-refractivity contribution in [2.24, 2.45) is 0 Å². The first-order valence-corrected chi connectivity index (χ1v) is 17.2. The average Bonchev–Trinajstić information content (AvgIpc) is 3.41. The third-order valence-corrected chi connectivity index (χ3v) is 10.4. The number of carbonyl (C=O) groups excluding carboxylic acids is 1. The number of ether oxygens (including phenoxy) is 2. The van der Waals surface area contributed by atoms with Crippen LogP contribution in [0.1, 0.15) is 29.6 Å².